The van der Waals surface area contributed by atoms with Crippen molar-refractivity contribution in [1.82, 2.24) is 9.97 Å². The molecule has 0 aromatic carbocycles. The highest BCUT2D eigenvalue weighted by atomic mass is 16.5. The summed E-state index contributed by atoms with van der Waals surface area (Å²) in [5.74, 6) is -1.02. The number of hydrogen-bond donors (Lipinski definition) is 2. The molecule has 0 aliphatic carbocycles. The highest BCUT2D eigenvalue weighted by Crippen LogP contribution is 2.33. The number of H-pyrrole nitrogens is 1. The fourth-order valence-electron chi connectivity index (χ4n) is 1.91. The molecule has 3 heterocycles. The van der Waals surface area contributed by atoms with E-state index in [9.17, 15) is 9.59 Å². The number of ether oxygens (including phenoxy) is 1. The molecule has 2 aromatic rings. The number of carboxylic acid groups (broad SMARTS) is 1. The van der Waals surface area contributed by atoms with Gasteiger partial charge in [-0.05, 0) is 12.1 Å². The first-order valence-electron chi connectivity index (χ1n) is 5.24. The lowest BCUT2D eigenvalue weighted by atomic mass is 10.0. The summed E-state index contributed by atoms with van der Waals surface area (Å²) in [6.07, 6.45) is 1.61. The van der Waals surface area contributed by atoms with Crippen molar-refractivity contribution in [2.45, 2.75) is 6.61 Å². The van der Waals surface area contributed by atoms with Crippen molar-refractivity contribution >= 4 is 5.97 Å². The zero-order valence-corrected chi connectivity index (χ0v) is 9.14. The van der Waals surface area contributed by atoms with Gasteiger partial charge in [0.2, 0.25) is 5.88 Å². The second-order valence-electron chi connectivity index (χ2n) is 3.86. The van der Waals surface area contributed by atoms with E-state index < -0.39 is 11.5 Å². The molecule has 0 unspecified atom stereocenters. The van der Waals surface area contributed by atoms with Gasteiger partial charge in [0.05, 0.1) is 11.3 Å². The van der Waals surface area contributed by atoms with Crippen LogP contribution in [0.15, 0.2) is 29.2 Å². The molecule has 0 atom stereocenters. The first kappa shape index (κ1) is 10.5. The lowest BCUT2D eigenvalue weighted by Gasteiger charge is -2.19. The van der Waals surface area contributed by atoms with Crippen molar-refractivity contribution in [2.24, 2.45) is 0 Å². The summed E-state index contributed by atoms with van der Waals surface area (Å²) in [5.41, 5.74) is 0.983. The monoisotopic (exact) mass is 244 g/mol. The van der Waals surface area contributed by atoms with Crippen molar-refractivity contribution in [3.05, 3.63) is 45.9 Å². The summed E-state index contributed by atoms with van der Waals surface area (Å²) in [5, 5.41) is 8.93. The maximum Gasteiger partial charge on any atom is 0.341 e. The number of aromatic amines is 1. The number of carbonyl (C=O) groups is 1. The summed E-state index contributed by atoms with van der Waals surface area (Å²) in [6, 6.07) is 4.91. The predicted molar refractivity (Wildman–Crippen MR) is 61.6 cm³/mol. The Balaban J connectivity index is 2.30. The Hall–Kier alpha value is -2.63. The largest absolute Gasteiger partial charge is 0.477 e. The standard InChI is InChI=1S/C12H8N2O4/c15-10-8(12(16)17)4-7-9-6(2-1-3-13-9)5-18-11(7)14-10/h1-4H,5H2,(H,14,15)(H,16,17). The van der Waals surface area contributed by atoms with E-state index in [-0.39, 0.29) is 11.4 Å². The number of aromatic carboxylic acids is 1. The Morgan fingerprint density at radius 3 is 3.11 bits per heavy atom. The van der Waals surface area contributed by atoms with Gasteiger partial charge in [-0.3, -0.25) is 14.8 Å². The minimum Gasteiger partial charge on any atom is -0.477 e. The SMILES string of the molecule is O=C(O)c1cc2c([nH]c1=O)OCc1cccnc1-2. The Morgan fingerprint density at radius 1 is 1.50 bits per heavy atom. The quantitative estimate of drug-likeness (QED) is 0.781. The third-order valence-electron chi connectivity index (χ3n) is 2.75. The molecule has 0 amide bonds. The van der Waals surface area contributed by atoms with Crippen LogP contribution in [0, 0.1) is 0 Å². The molecule has 0 saturated heterocycles. The summed E-state index contributed by atoms with van der Waals surface area (Å²) in [7, 11) is 0. The van der Waals surface area contributed by atoms with E-state index in [0.717, 1.165) is 5.56 Å². The molecule has 0 bridgehead atoms. The van der Waals surface area contributed by atoms with Gasteiger partial charge in [0.1, 0.15) is 12.2 Å². The minimum atomic E-state index is -1.28. The van der Waals surface area contributed by atoms with Gasteiger partial charge < -0.3 is 9.84 Å². The van der Waals surface area contributed by atoms with E-state index in [0.29, 0.717) is 17.9 Å². The zero-order chi connectivity index (χ0) is 12.7. The van der Waals surface area contributed by atoms with Crippen LogP contribution in [0.5, 0.6) is 5.88 Å². The number of pyridine rings is 2. The Morgan fingerprint density at radius 2 is 2.33 bits per heavy atom. The molecule has 90 valence electrons. The highest BCUT2D eigenvalue weighted by Gasteiger charge is 2.22. The number of nitrogens with zero attached hydrogens (tertiary/aromatic N) is 1. The van der Waals surface area contributed by atoms with Crippen LogP contribution >= 0.6 is 0 Å². The number of nitrogens with one attached hydrogen (secondary N) is 1. The fraction of sp³-hybridized carbons (Fsp3) is 0.0833. The van der Waals surface area contributed by atoms with Gasteiger partial charge >= 0.3 is 5.97 Å². The average molecular weight is 244 g/mol. The molecule has 2 aromatic heterocycles. The molecule has 1 aliphatic heterocycles. The van der Waals surface area contributed by atoms with Crippen LogP contribution in [0.2, 0.25) is 0 Å². The highest BCUT2D eigenvalue weighted by molar-refractivity contribution is 5.89. The molecule has 0 saturated carbocycles. The lowest BCUT2D eigenvalue weighted by Crippen LogP contribution is -2.20. The number of carboxylic acids is 1. The van der Waals surface area contributed by atoms with Crippen molar-refractivity contribution in [2.75, 3.05) is 0 Å². The normalized spacial score (nSPS) is 12.2. The van der Waals surface area contributed by atoms with Crippen LogP contribution < -0.4 is 10.3 Å². The molecular weight excluding hydrogens is 236 g/mol. The van der Waals surface area contributed by atoms with E-state index in [2.05, 4.69) is 9.97 Å². The molecule has 6 nitrogen and oxygen atoms in total. The van der Waals surface area contributed by atoms with E-state index in [4.69, 9.17) is 9.84 Å². The molecule has 0 spiro atoms. The second-order valence-corrected chi connectivity index (χ2v) is 3.86. The van der Waals surface area contributed by atoms with Crippen LogP contribution in [-0.4, -0.2) is 21.0 Å². The third-order valence-corrected chi connectivity index (χ3v) is 2.75. The number of fused-ring (bicyclic) bond motifs is 3. The maximum atomic E-state index is 11.5. The van der Waals surface area contributed by atoms with E-state index in [1.54, 1.807) is 12.3 Å². The summed E-state index contributed by atoms with van der Waals surface area (Å²) in [4.78, 5) is 29.1. The van der Waals surface area contributed by atoms with Crippen LogP contribution in [0.4, 0.5) is 0 Å². The first-order valence-corrected chi connectivity index (χ1v) is 5.24. The van der Waals surface area contributed by atoms with Gasteiger partial charge in [-0.2, -0.15) is 0 Å². The maximum absolute atomic E-state index is 11.5. The van der Waals surface area contributed by atoms with Crippen molar-refractivity contribution in [3.63, 3.8) is 0 Å². The Labute approximate surface area is 101 Å². The Bertz CT molecular complexity index is 705. The van der Waals surface area contributed by atoms with Gasteiger partial charge in [-0.15, -0.1) is 0 Å². The minimum absolute atomic E-state index is 0.260. The Kier molecular flexibility index (Phi) is 2.16. The van der Waals surface area contributed by atoms with Gasteiger partial charge in [-0.25, -0.2) is 4.79 Å². The molecule has 1 aliphatic rings. The number of hydrogen-bond acceptors (Lipinski definition) is 4. The zero-order valence-electron chi connectivity index (χ0n) is 9.14. The first-order chi connectivity index (χ1) is 8.66. The van der Waals surface area contributed by atoms with E-state index >= 15 is 0 Å². The molecule has 6 heteroatoms. The second kappa shape index (κ2) is 3.69. The average Bonchev–Trinajstić information content (AvgIpc) is 2.37. The number of aromatic nitrogens is 2. The molecule has 0 radical (unpaired) electrons. The topological polar surface area (TPSA) is 92.3 Å². The fourth-order valence-corrected chi connectivity index (χ4v) is 1.91. The summed E-state index contributed by atoms with van der Waals surface area (Å²) in [6.45, 7) is 0.304. The van der Waals surface area contributed by atoms with Crippen LogP contribution in [0.25, 0.3) is 11.3 Å². The van der Waals surface area contributed by atoms with Gasteiger partial charge in [0.25, 0.3) is 5.56 Å². The molecule has 0 fully saturated rings. The molecule has 18 heavy (non-hydrogen) atoms. The van der Waals surface area contributed by atoms with Crippen LogP contribution in [-0.2, 0) is 6.61 Å². The van der Waals surface area contributed by atoms with Crippen LogP contribution in [0.3, 0.4) is 0 Å². The molecule has 3 rings (SSSR count). The van der Waals surface area contributed by atoms with Crippen molar-refractivity contribution in [1.29, 1.82) is 0 Å². The summed E-state index contributed by atoms with van der Waals surface area (Å²) >= 11 is 0. The smallest absolute Gasteiger partial charge is 0.341 e. The molecular formula is C12H8N2O4. The predicted octanol–water partition coefficient (Wildman–Crippen LogP) is 1.03. The van der Waals surface area contributed by atoms with Gasteiger partial charge in [0.15, 0.2) is 0 Å². The third kappa shape index (κ3) is 1.46. The van der Waals surface area contributed by atoms with Crippen molar-refractivity contribution in [3.8, 4) is 17.1 Å². The van der Waals surface area contributed by atoms with Gasteiger partial charge in [-0.1, -0.05) is 6.07 Å². The summed E-state index contributed by atoms with van der Waals surface area (Å²) < 4.78 is 5.38. The van der Waals surface area contributed by atoms with E-state index in [1.165, 1.54) is 6.07 Å². The number of rotatable bonds is 1. The molecule has 2 N–H and O–H groups in total. The van der Waals surface area contributed by atoms with E-state index in [1.807, 2.05) is 6.07 Å². The van der Waals surface area contributed by atoms with Crippen LogP contribution in [0.1, 0.15) is 15.9 Å². The lowest BCUT2D eigenvalue weighted by molar-refractivity contribution is 0.0695. The van der Waals surface area contributed by atoms with Crippen molar-refractivity contribution < 1.29 is 14.6 Å². The van der Waals surface area contributed by atoms with Gasteiger partial charge in [0, 0.05) is 11.8 Å².